The topological polar surface area (TPSA) is 178 Å². The van der Waals surface area contributed by atoms with Gasteiger partial charge in [-0.15, -0.1) is 0 Å². The van der Waals surface area contributed by atoms with Gasteiger partial charge in [-0.3, -0.25) is 14.6 Å². The molecule has 0 radical (unpaired) electrons. The summed E-state index contributed by atoms with van der Waals surface area (Å²) in [7, 11) is -4.54. The number of hydrogen-bond donors (Lipinski definition) is 4. The van der Waals surface area contributed by atoms with Crippen LogP contribution in [0, 0.1) is 5.41 Å². The van der Waals surface area contributed by atoms with Crippen LogP contribution in [0.3, 0.4) is 0 Å². The Morgan fingerprint density at radius 1 is 0.912 bits per heavy atom. The molecule has 3 fully saturated rings. The number of piperazine rings is 1. The maximum absolute atomic E-state index is 14.3. The number of fused-ring (bicyclic) bond motifs is 2. The van der Waals surface area contributed by atoms with E-state index < -0.39 is 21.9 Å². The molecule has 3 aromatic carbocycles. The average molecular weight is 961 g/mol. The number of benzene rings is 3. The molecular formula is C51H58ClN9O6S. The van der Waals surface area contributed by atoms with Gasteiger partial charge in [0, 0.05) is 85.9 Å². The number of aromatic carboxylic acids is 1. The van der Waals surface area contributed by atoms with Gasteiger partial charge < -0.3 is 25.0 Å². The Hall–Kier alpha value is -5.78. The summed E-state index contributed by atoms with van der Waals surface area (Å²) in [4.78, 5) is 41.7. The third-order valence-corrected chi connectivity index (χ3v) is 16.0. The van der Waals surface area contributed by atoms with Crippen molar-refractivity contribution in [2.45, 2.75) is 75.8 Å². The smallest absolute Gasteiger partial charge is 0.337 e. The summed E-state index contributed by atoms with van der Waals surface area (Å²) in [6, 6.07) is 21.9. The molecule has 0 bridgehead atoms. The molecule has 1 saturated carbocycles. The molecule has 2 aliphatic heterocycles. The molecule has 0 unspecified atom stereocenters. The minimum Gasteiger partial charge on any atom is -0.478 e. The van der Waals surface area contributed by atoms with E-state index in [1.54, 1.807) is 23.1 Å². The number of pyridine rings is 1. The third kappa shape index (κ3) is 9.74. The van der Waals surface area contributed by atoms with Crippen molar-refractivity contribution in [1.82, 2.24) is 34.3 Å². The Morgan fingerprint density at radius 3 is 2.43 bits per heavy atom. The maximum atomic E-state index is 14.3. The minimum atomic E-state index is -4.54. The zero-order valence-corrected chi connectivity index (χ0v) is 40.1. The first kappa shape index (κ1) is 46.0. The second-order valence-electron chi connectivity index (χ2n) is 19.5. The monoisotopic (exact) mass is 959 g/mol. The molecule has 2 saturated heterocycles. The number of morpholine rings is 1. The van der Waals surface area contributed by atoms with Gasteiger partial charge in [0.1, 0.15) is 11.2 Å². The standard InChI is InChI=1S/C51H58ClN9O6S/c1-51(2)17-15-35(43(30-51)33-3-5-36(52)6-4-33)32-58-19-21-59(22-20-58)39-11-13-41(46(28-39)61-47-27-34-16-18-53-48(34)56-45(47)31-54-61)49(62)57-68(65,66)40-12-14-44(42(29-40)50(63)64)55-37-7-9-38(10-8-37)60-23-25-67-26-24-60/h3-6,11-14,16,18,27-29,31,37-38,55H,7-10,15,17,19-26,30,32H2,1-2H3,(H,53,56)(H,57,62)(H,63,64)/t37-,38+. The van der Waals surface area contributed by atoms with Crippen molar-refractivity contribution in [1.29, 1.82) is 0 Å². The van der Waals surface area contributed by atoms with Gasteiger partial charge in [-0.25, -0.2) is 27.6 Å². The molecule has 1 amide bonds. The lowest BCUT2D eigenvalue weighted by Gasteiger charge is -2.39. The van der Waals surface area contributed by atoms with Crippen molar-refractivity contribution in [2.24, 2.45) is 5.41 Å². The number of sulfonamides is 1. The Morgan fingerprint density at radius 2 is 1.68 bits per heavy atom. The Kier molecular flexibility index (Phi) is 12.8. The molecule has 17 heteroatoms. The van der Waals surface area contributed by atoms with Crippen molar-refractivity contribution in [3.05, 3.63) is 112 Å². The fourth-order valence-corrected chi connectivity index (χ4v) is 11.7. The number of nitrogens with one attached hydrogen (secondary N) is 3. The highest BCUT2D eigenvalue weighted by molar-refractivity contribution is 7.90. The highest BCUT2D eigenvalue weighted by Gasteiger charge is 2.32. The number of anilines is 2. The third-order valence-electron chi connectivity index (χ3n) is 14.4. The normalized spacial score (nSPS) is 20.8. The number of carboxylic acid groups (broad SMARTS) is 1. The first-order valence-corrected chi connectivity index (χ1v) is 25.6. The molecule has 3 aromatic heterocycles. The number of nitrogens with zero attached hydrogens (tertiary/aromatic N) is 6. The summed E-state index contributed by atoms with van der Waals surface area (Å²) in [6.45, 7) is 12.1. The number of aromatic amines is 1. The van der Waals surface area contributed by atoms with E-state index in [0.29, 0.717) is 34.1 Å². The van der Waals surface area contributed by atoms with Crippen LogP contribution in [-0.2, 0) is 14.8 Å². The molecule has 6 aromatic rings. The van der Waals surface area contributed by atoms with E-state index in [2.05, 4.69) is 60.8 Å². The van der Waals surface area contributed by atoms with Gasteiger partial charge >= 0.3 is 5.97 Å². The number of allylic oxidation sites excluding steroid dienone is 1. The molecule has 5 heterocycles. The summed E-state index contributed by atoms with van der Waals surface area (Å²) < 4.78 is 37.4. The largest absolute Gasteiger partial charge is 0.478 e. The minimum absolute atomic E-state index is 0.0423. The van der Waals surface area contributed by atoms with Crippen LogP contribution >= 0.6 is 11.6 Å². The van der Waals surface area contributed by atoms with E-state index in [1.807, 2.05) is 36.4 Å². The Labute approximate surface area is 401 Å². The number of H-pyrrole nitrogens is 1. The number of halogens is 1. The highest BCUT2D eigenvalue weighted by atomic mass is 35.5. The Bertz CT molecular complexity index is 3000. The Balaban J connectivity index is 0.884. The average Bonchev–Trinajstić information content (AvgIpc) is 3.98. The number of hydrogen-bond acceptors (Lipinski definition) is 11. The summed E-state index contributed by atoms with van der Waals surface area (Å²) in [5, 5.41) is 19.9. The highest BCUT2D eigenvalue weighted by Crippen LogP contribution is 2.43. The van der Waals surface area contributed by atoms with Gasteiger partial charge in [0.15, 0.2) is 0 Å². The SMILES string of the molecule is CC1(C)CCC(CN2CCN(c3ccc(C(=O)NS(=O)(=O)c4ccc(N[C@H]5CC[C@@H](N6CCOCC6)CC5)c(C(=O)O)c4)c(-n4ncc5nc6[nH]ccc6cc54)c3)CC2)=C(c2ccc(Cl)cc2)C1. The number of rotatable bonds is 12. The predicted octanol–water partition coefficient (Wildman–Crippen LogP) is 8.21. The quantitative estimate of drug-likeness (QED) is 0.0926. The van der Waals surface area contributed by atoms with Crippen LogP contribution in [0.15, 0.2) is 95.7 Å². The van der Waals surface area contributed by atoms with Crippen LogP contribution < -0.4 is 14.9 Å². The van der Waals surface area contributed by atoms with Crippen molar-refractivity contribution < 1.29 is 27.9 Å². The van der Waals surface area contributed by atoms with E-state index in [-0.39, 0.29) is 27.5 Å². The van der Waals surface area contributed by atoms with E-state index in [9.17, 15) is 23.1 Å². The maximum Gasteiger partial charge on any atom is 0.337 e. The predicted molar refractivity (Wildman–Crippen MR) is 265 cm³/mol. The number of carbonyl (C=O) groups is 2. The molecule has 15 nitrogen and oxygen atoms in total. The second kappa shape index (κ2) is 19.0. The number of amides is 1. The number of carbonyl (C=O) groups excluding carboxylic acids is 1. The van der Waals surface area contributed by atoms with Crippen LogP contribution in [0.1, 0.15) is 85.1 Å². The summed E-state index contributed by atoms with van der Waals surface area (Å²) in [5.74, 6) is -2.16. The van der Waals surface area contributed by atoms with Crippen LogP contribution in [-0.4, -0.2) is 126 Å². The van der Waals surface area contributed by atoms with Crippen LogP contribution in [0.2, 0.25) is 5.02 Å². The fraction of sp³-hybridized carbons (Fsp3) is 0.412. The summed E-state index contributed by atoms with van der Waals surface area (Å²) in [5.41, 5.74) is 7.75. The lowest BCUT2D eigenvalue weighted by atomic mass is 9.72. The molecular weight excluding hydrogens is 902 g/mol. The number of ether oxygens (including phenoxy) is 1. The van der Waals surface area contributed by atoms with Gasteiger partial charge in [-0.1, -0.05) is 43.2 Å². The van der Waals surface area contributed by atoms with Crippen LogP contribution in [0.5, 0.6) is 0 Å². The molecule has 10 rings (SSSR count). The lowest BCUT2D eigenvalue weighted by molar-refractivity contribution is 0.00791. The zero-order valence-electron chi connectivity index (χ0n) is 38.5. The summed E-state index contributed by atoms with van der Waals surface area (Å²) in [6.07, 6.45) is 10.3. The molecule has 0 spiro atoms. The first-order chi connectivity index (χ1) is 32.8. The molecule has 2 aliphatic carbocycles. The van der Waals surface area contributed by atoms with Crippen molar-refractivity contribution in [3.63, 3.8) is 0 Å². The molecule has 4 aliphatic rings. The summed E-state index contributed by atoms with van der Waals surface area (Å²) >= 11 is 6.27. The van der Waals surface area contributed by atoms with Gasteiger partial charge in [0.25, 0.3) is 15.9 Å². The molecule has 4 N–H and O–H groups in total. The van der Waals surface area contributed by atoms with Crippen LogP contribution in [0.25, 0.3) is 33.3 Å². The van der Waals surface area contributed by atoms with Gasteiger partial charge in [0.05, 0.1) is 46.6 Å². The number of carboxylic acids is 1. The fourth-order valence-electron chi connectivity index (χ4n) is 10.6. The molecule has 356 valence electrons. The van der Waals surface area contributed by atoms with E-state index in [4.69, 9.17) is 21.3 Å². The van der Waals surface area contributed by atoms with Crippen molar-refractivity contribution in [3.8, 4) is 5.69 Å². The van der Waals surface area contributed by atoms with E-state index in [0.717, 1.165) is 126 Å². The first-order valence-electron chi connectivity index (χ1n) is 23.7. The van der Waals surface area contributed by atoms with Crippen molar-refractivity contribution >= 4 is 72.5 Å². The second-order valence-corrected chi connectivity index (χ2v) is 21.6. The van der Waals surface area contributed by atoms with Crippen LogP contribution in [0.4, 0.5) is 11.4 Å². The lowest BCUT2D eigenvalue weighted by Crippen LogP contribution is -2.47. The van der Waals surface area contributed by atoms with E-state index >= 15 is 0 Å². The van der Waals surface area contributed by atoms with Crippen molar-refractivity contribution in [2.75, 3.05) is 69.2 Å². The number of aromatic nitrogens is 4. The van der Waals surface area contributed by atoms with Gasteiger partial charge in [0.2, 0.25) is 0 Å². The molecule has 68 heavy (non-hydrogen) atoms. The van der Waals surface area contributed by atoms with E-state index in [1.165, 1.54) is 28.8 Å². The van der Waals surface area contributed by atoms with Gasteiger partial charge in [-0.2, -0.15) is 5.10 Å². The molecule has 0 atom stereocenters. The zero-order chi connectivity index (χ0) is 47.2. The van der Waals surface area contributed by atoms with Gasteiger partial charge in [-0.05, 0) is 122 Å².